The van der Waals surface area contributed by atoms with Crippen LogP contribution in [0.4, 0.5) is 0 Å². The maximum atomic E-state index is 12.8. The number of carbonyl (C=O) groups is 2. The van der Waals surface area contributed by atoms with Gasteiger partial charge < -0.3 is 0 Å². The molecule has 114 valence electrons. The van der Waals surface area contributed by atoms with Gasteiger partial charge in [0.15, 0.2) is 0 Å². The predicted octanol–water partition coefficient (Wildman–Crippen LogP) is 1.18. The Bertz CT molecular complexity index is 702. The lowest BCUT2D eigenvalue weighted by Crippen LogP contribution is -2.59. The molecule has 1 aliphatic rings. The van der Waals surface area contributed by atoms with Gasteiger partial charge in [0, 0.05) is 4.47 Å². The fourth-order valence-corrected chi connectivity index (χ4v) is 4.65. The summed E-state index contributed by atoms with van der Waals surface area (Å²) < 4.78 is 27.2. The molecule has 0 spiro atoms. The van der Waals surface area contributed by atoms with E-state index in [1.54, 1.807) is 26.0 Å². The third kappa shape index (κ3) is 3.02. The van der Waals surface area contributed by atoms with Crippen LogP contribution in [0, 0.1) is 6.92 Å². The summed E-state index contributed by atoms with van der Waals surface area (Å²) in [6.07, 6.45) is 0.297. The van der Waals surface area contributed by atoms with Gasteiger partial charge in [-0.25, -0.2) is 8.42 Å². The lowest BCUT2D eigenvalue weighted by molar-refractivity contribution is -0.137. The van der Waals surface area contributed by atoms with Crippen LogP contribution in [0.25, 0.3) is 0 Å². The summed E-state index contributed by atoms with van der Waals surface area (Å²) in [4.78, 5) is 23.5. The van der Waals surface area contributed by atoms with Crippen molar-refractivity contribution in [1.82, 2.24) is 9.62 Å². The Morgan fingerprint density at radius 3 is 2.67 bits per heavy atom. The number of halogens is 1. The SMILES string of the molecule is CCC1C(=O)NC(=O)CN1S(=O)(=O)c1cc(Br)ccc1C. The maximum absolute atomic E-state index is 12.8. The van der Waals surface area contributed by atoms with E-state index >= 15 is 0 Å². The van der Waals surface area contributed by atoms with E-state index in [0.717, 1.165) is 4.31 Å². The van der Waals surface area contributed by atoms with Crippen LogP contribution in [0.1, 0.15) is 18.9 Å². The molecule has 1 heterocycles. The summed E-state index contributed by atoms with van der Waals surface area (Å²) in [5.74, 6) is -1.19. The summed E-state index contributed by atoms with van der Waals surface area (Å²) in [6, 6.07) is 4.02. The molecule has 1 aliphatic heterocycles. The van der Waals surface area contributed by atoms with E-state index in [0.29, 0.717) is 16.5 Å². The Morgan fingerprint density at radius 2 is 2.05 bits per heavy atom. The minimum absolute atomic E-state index is 0.0952. The van der Waals surface area contributed by atoms with Crippen molar-refractivity contribution in [2.24, 2.45) is 0 Å². The maximum Gasteiger partial charge on any atom is 0.245 e. The standard InChI is InChI=1S/C13H15BrN2O4S/c1-3-10-13(18)15-12(17)7-16(10)21(19,20)11-6-9(14)5-4-8(11)2/h4-6,10H,3,7H2,1-2H3,(H,15,17,18). The molecule has 21 heavy (non-hydrogen) atoms. The highest BCUT2D eigenvalue weighted by molar-refractivity contribution is 9.10. The van der Waals surface area contributed by atoms with Gasteiger partial charge in [0.2, 0.25) is 21.8 Å². The van der Waals surface area contributed by atoms with Gasteiger partial charge in [0.1, 0.15) is 6.04 Å². The zero-order chi connectivity index (χ0) is 15.8. The van der Waals surface area contributed by atoms with Crippen LogP contribution in [-0.2, 0) is 19.6 Å². The van der Waals surface area contributed by atoms with Gasteiger partial charge in [-0.2, -0.15) is 4.31 Å². The van der Waals surface area contributed by atoms with Crippen molar-refractivity contribution in [2.75, 3.05) is 6.54 Å². The zero-order valence-electron chi connectivity index (χ0n) is 11.6. The van der Waals surface area contributed by atoms with Gasteiger partial charge >= 0.3 is 0 Å². The van der Waals surface area contributed by atoms with Crippen molar-refractivity contribution < 1.29 is 18.0 Å². The smallest absolute Gasteiger partial charge is 0.245 e. The topological polar surface area (TPSA) is 83.6 Å². The van der Waals surface area contributed by atoms with Crippen molar-refractivity contribution in [3.8, 4) is 0 Å². The molecule has 1 unspecified atom stereocenters. The number of piperazine rings is 1. The van der Waals surface area contributed by atoms with E-state index in [4.69, 9.17) is 0 Å². The van der Waals surface area contributed by atoms with Crippen molar-refractivity contribution in [1.29, 1.82) is 0 Å². The summed E-state index contributed by atoms with van der Waals surface area (Å²) >= 11 is 3.24. The Morgan fingerprint density at radius 1 is 1.38 bits per heavy atom. The second-order valence-electron chi connectivity index (χ2n) is 4.80. The molecule has 0 radical (unpaired) electrons. The highest BCUT2D eigenvalue weighted by atomic mass is 79.9. The average molecular weight is 375 g/mol. The summed E-state index contributed by atoms with van der Waals surface area (Å²) in [7, 11) is -3.92. The molecule has 2 rings (SSSR count). The fraction of sp³-hybridized carbons (Fsp3) is 0.385. The number of imide groups is 1. The van der Waals surface area contributed by atoms with Gasteiger partial charge in [-0.15, -0.1) is 0 Å². The van der Waals surface area contributed by atoms with E-state index in [2.05, 4.69) is 21.2 Å². The molecule has 1 N–H and O–H groups in total. The number of hydrogen-bond donors (Lipinski definition) is 1. The first-order chi connectivity index (χ1) is 9.77. The van der Waals surface area contributed by atoms with Gasteiger partial charge in [-0.05, 0) is 31.0 Å². The first-order valence-corrected chi connectivity index (χ1v) is 8.62. The van der Waals surface area contributed by atoms with Crippen LogP contribution in [0.15, 0.2) is 27.6 Å². The molecule has 0 saturated carbocycles. The number of nitrogens with one attached hydrogen (secondary N) is 1. The molecule has 0 aromatic heterocycles. The molecule has 2 amide bonds. The Kier molecular flexibility index (Phi) is 4.50. The van der Waals surface area contributed by atoms with Crippen molar-refractivity contribution in [2.45, 2.75) is 31.2 Å². The molecule has 1 fully saturated rings. The van der Waals surface area contributed by atoms with Crippen molar-refractivity contribution in [3.05, 3.63) is 28.2 Å². The molecular weight excluding hydrogens is 360 g/mol. The highest BCUT2D eigenvalue weighted by Crippen LogP contribution is 2.26. The number of benzene rings is 1. The van der Waals surface area contributed by atoms with Gasteiger partial charge in [0.25, 0.3) is 0 Å². The number of sulfonamides is 1. The molecule has 6 nitrogen and oxygen atoms in total. The summed E-state index contributed by atoms with van der Waals surface area (Å²) in [5, 5.41) is 2.17. The van der Waals surface area contributed by atoms with Crippen LogP contribution >= 0.6 is 15.9 Å². The van der Waals surface area contributed by atoms with E-state index < -0.39 is 27.9 Å². The quantitative estimate of drug-likeness (QED) is 0.805. The van der Waals surface area contributed by atoms with Crippen LogP contribution in [0.3, 0.4) is 0 Å². The second kappa shape index (κ2) is 5.86. The first kappa shape index (κ1) is 16.1. The van der Waals surface area contributed by atoms with E-state index in [1.165, 1.54) is 6.07 Å². The number of hydrogen-bond acceptors (Lipinski definition) is 4. The number of rotatable bonds is 3. The van der Waals surface area contributed by atoms with Crippen LogP contribution in [-0.4, -0.2) is 37.1 Å². The predicted molar refractivity (Wildman–Crippen MR) is 80.0 cm³/mol. The van der Waals surface area contributed by atoms with Crippen molar-refractivity contribution >= 4 is 37.8 Å². The highest BCUT2D eigenvalue weighted by Gasteiger charge is 2.41. The molecule has 0 bridgehead atoms. The van der Waals surface area contributed by atoms with E-state index in [9.17, 15) is 18.0 Å². The Balaban J connectivity index is 2.53. The lowest BCUT2D eigenvalue weighted by atomic mass is 10.2. The minimum Gasteiger partial charge on any atom is -0.294 e. The van der Waals surface area contributed by atoms with Crippen molar-refractivity contribution in [3.63, 3.8) is 0 Å². The molecule has 0 aliphatic carbocycles. The third-order valence-corrected chi connectivity index (χ3v) is 5.83. The molecule has 1 aromatic rings. The molecule has 8 heteroatoms. The third-order valence-electron chi connectivity index (χ3n) is 3.34. The van der Waals surface area contributed by atoms with Crippen LogP contribution in [0.5, 0.6) is 0 Å². The van der Waals surface area contributed by atoms with Gasteiger partial charge in [-0.3, -0.25) is 14.9 Å². The normalized spacial score (nSPS) is 20.4. The largest absolute Gasteiger partial charge is 0.294 e. The van der Waals surface area contributed by atoms with E-state index in [-0.39, 0.29) is 11.4 Å². The van der Waals surface area contributed by atoms with Crippen LogP contribution < -0.4 is 5.32 Å². The van der Waals surface area contributed by atoms with Gasteiger partial charge in [0.05, 0.1) is 11.4 Å². The Hall–Kier alpha value is -1.25. The molecule has 1 aromatic carbocycles. The Labute approximate surface area is 131 Å². The lowest BCUT2D eigenvalue weighted by Gasteiger charge is -2.32. The fourth-order valence-electron chi connectivity index (χ4n) is 2.26. The van der Waals surface area contributed by atoms with Crippen LogP contribution in [0.2, 0.25) is 0 Å². The number of nitrogens with zero attached hydrogens (tertiary/aromatic N) is 1. The number of amides is 2. The van der Waals surface area contributed by atoms with Gasteiger partial charge in [-0.1, -0.05) is 28.9 Å². The zero-order valence-corrected chi connectivity index (χ0v) is 14.0. The number of aryl methyl sites for hydroxylation is 1. The second-order valence-corrected chi connectivity index (χ2v) is 7.57. The summed E-state index contributed by atoms with van der Waals surface area (Å²) in [5.41, 5.74) is 0.562. The first-order valence-electron chi connectivity index (χ1n) is 6.39. The molecule has 1 saturated heterocycles. The molecular formula is C13H15BrN2O4S. The number of carbonyl (C=O) groups excluding carboxylic acids is 2. The van der Waals surface area contributed by atoms with E-state index in [1.807, 2.05) is 0 Å². The molecule has 1 atom stereocenters. The average Bonchev–Trinajstić information content (AvgIpc) is 2.40. The minimum atomic E-state index is -3.92. The monoisotopic (exact) mass is 374 g/mol. The summed E-state index contributed by atoms with van der Waals surface area (Å²) in [6.45, 7) is 3.03.